The molecule has 8 aliphatic rings. The maximum absolute atomic E-state index is 13.5. The number of aliphatic hydroxyl groups is 2. The van der Waals surface area contributed by atoms with Crippen LogP contribution in [0, 0.1) is 23.7 Å². The van der Waals surface area contributed by atoms with Crippen molar-refractivity contribution in [1.29, 1.82) is 0 Å². The lowest BCUT2D eigenvalue weighted by Crippen LogP contribution is -2.73. The molecule has 8 bridgehead atoms. The van der Waals surface area contributed by atoms with E-state index in [2.05, 4.69) is 4.74 Å². The standard InChI is InChI=1S/C27H36F2O12S/c1-22(17-3-15-2-16(5-17)6-18(22)4-15)40-20(31)8-39-25-10-23(33)9-24(34,11-25)13-26(12-23,14-25)41-19(30)7-38-21(32)27(28,29)42(35,36)37/h15-18,33-34H,2-14H2,1H3,(H,35,36,37). The van der Waals surface area contributed by atoms with Crippen molar-refractivity contribution in [3.63, 3.8) is 0 Å². The molecule has 8 rings (SSSR count). The normalized spacial score (nSPS) is 45.1. The Morgan fingerprint density at radius 2 is 1.29 bits per heavy atom. The highest BCUT2D eigenvalue weighted by atomic mass is 32.2. The third kappa shape index (κ3) is 5.02. The van der Waals surface area contributed by atoms with Crippen molar-refractivity contribution in [3.05, 3.63) is 0 Å². The number of carbonyl (C=O) groups excluding carboxylic acids is 3. The molecule has 15 heteroatoms. The van der Waals surface area contributed by atoms with Gasteiger partial charge in [-0.3, -0.25) is 4.55 Å². The average Bonchev–Trinajstić information content (AvgIpc) is 2.81. The fraction of sp³-hybridized carbons (Fsp3) is 0.889. The van der Waals surface area contributed by atoms with Gasteiger partial charge in [-0.25, -0.2) is 14.4 Å². The summed E-state index contributed by atoms with van der Waals surface area (Å²) < 4.78 is 78.6. The van der Waals surface area contributed by atoms with E-state index in [1.807, 2.05) is 6.92 Å². The molecule has 0 aromatic rings. The van der Waals surface area contributed by atoms with Crippen LogP contribution in [0.5, 0.6) is 0 Å². The van der Waals surface area contributed by atoms with E-state index >= 15 is 0 Å². The molecule has 0 aromatic heterocycles. The lowest BCUT2D eigenvalue weighted by atomic mass is 9.48. The van der Waals surface area contributed by atoms with Gasteiger partial charge in [-0.05, 0) is 62.7 Å². The maximum Gasteiger partial charge on any atom is 0.465 e. The van der Waals surface area contributed by atoms with E-state index < -0.39 is 74.5 Å². The zero-order chi connectivity index (χ0) is 30.6. The van der Waals surface area contributed by atoms with Crippen molar-refractivity contribution in [2.45, 2.75) is 111 Å². The highest BCUT2D eigenvalue weighted by Gasteiger charge is 2.70. The SMILES string of the molecule is CC1(OC(=O)COC23CC4(O)CC(O)(C2)CC(OC(=O)COC(=O)C(F)(F)S(=O)(=O)O)(C4)C3)C2CC3CC(C2)CC1C3. The molecule has 42 heavy (non-hydrogen) atoms. The molecule has 0 radical (unpaired) electrons. The van der Waals surface area contributed by atoms with Crippen molar-refractivity contribution in [2.75, 3.05) is 13.2 Å². The fourth-order valence-electron chi connectivity index (χ4n) is 9.97. The van der Waals surface area contributed by atoms with Crippen LogP contribution in [0.25, 0.3) is 0 Å². The van der Waals surface area contributed by atoms with E-state index in [-0.39, 0.29) is 38.5 Å². The summed E-state index contributed by atoms with van der Waals surface area (Å²) in [7, 11) is -6.13. The smallest absolute Gasteiger partial charge is 0.457 e. The third-order valence-electron chi connectivity index (χ3n) is 10.7. The Balaban J connectivity index is 1.11. The predicted octanol–water partition coefficient (Wildman–Crippen LogP) is 1.65. The van der Waals surface area contributed by atoms with Gasteiger partial charge in [-0.15, -0.1) is 0 Å². The summed E-state index contributed by atoms with van der Waals surface area (Å²) in [5, 5.41) is 17.3. The van der Waals surface area contributed by atoms with E-state index in [1.165, 1.54) is 6.42 Å². The summed E-state index contributed by atoms with van der Waals surface area (Å²) in [6.45, 7) is 0.146. The van der Waals surface area contributed by atoms with E-state index in [1.54, 1.807) is 0 Å². The lowest BCUT2D eigenvalue weighted by molar-refractivity contribution is -0.311. The number of rotatable bonds is 9. The van der Waals surface area contributed by atoms with Crippen LogP contribution in [0.1, 0.15) is 77.6 Å². The molecular weight excluding hydrogens is 586 g/mol. The number of carbonyl (C=O) groups is 3. The molecule has 3 N–H and O–H groups in total. The second-order valence-electron chi connectivity index (χ2n) is 14.2. The molecular formula is C27H36F2O12S. The molecule has 0 aromatic carbocycles. The second kappa shape index (κ2) is 9.29. The zero-order valence-electron chi connectivity index (χ0n) is 23.2. The Kier molecular flexibility index (Phi) is 6.66. The minimum absolute atomic E-state index is 0.0335. The van der Waals surface area contributed by atoms with Crippen molar-refractivity contribution in [3.8, 4) is 0 Å². The van der Waals surface area contributed by atoms with Crippen molar-refractivity contribution in [2.24, 2.45) is 23.7 Å². The monoisotopic (exact) mass is 622 g/mol. The minimum atomic E-state index is -6.13. The summed E-state index contributed by atoms with van der Waals surface area (Å²) in [6, 6.07) is 0. The fourth-order valence-corrected chi connectivity index (χ4v) is 10.2. The molecule has 0 saturated heterocycles. The molecule has 8 aliphatic carbocycles. The van der Waals surface area contributed by atoms with Gasteiger partial charge in [-0.1, -0.05) is 0 Å². The third-order valence-corrected chi connectivity index (χ3v) is 11.5. The Morgan fingerprint density at radius 1 is 0.786 bits per heavy atom. The number of esters is 3. The first kappa shape index (κ1) is 30.1. The molecule has 8 fully saturated rings. The average molecular weight is 623 g/mol. The van der Waals surface area contributed by atoms with Gasteiger partial charge in [0.25, 0.3) is 0 Å². The Morgan fingerprint density at radius 3 is 1.81 bits per heavy atom. The van der Waals surface area contributed by atoms with Gasteiger partial charge in [-0.2, -0.15) is 17.2 Å². The largest absolute Gasteiger partial charge is 0.465 e. The van der Waals surface area contributed by atoms with Gasteiger partial charge >= 0.3 is 33.3 Å². The number of hydrogen-bond donors (Lipinski definition) is 3. The first-order valence-electron chi connectivity index (χ1n) is 14.3. The van der Waals surface area contributed by atoms with E-state index in [0.717, 1.165) is 25.7 Å². The van der Waals surface area contributed by atoms with Gasteiger partial charge in [0.1, 0.15) is 17.8 Å². The van der Waals surface area contributed by atoms with Crippen LogP contribution in [0.4, 0.5) is 8.78 Å². The first-order chi connectivity index (χ1) is 19.3. The summed E-state index contributed by atoms with van der Waals surface area (Å²) >= 11 is 0. The Hall–Kier alpha value is -1.94. The summed E-state index contributed by atoms with van der Waals surface area (Å²) in [5.41, 5.74) is -6.45. The number of halogens is 2. The first-order valence-corrected chi connectivity index (χ1v) is 15.8. The molecule has 236 valence electrons. The molecule has 0 spiro atoms. The van der Waals surface area contributed by atoms with E-state index in [0.29, 0.717) is 23.7 Å². The van der Waals surface area contributed by atoms with Crippen LogP contribution in [0.3, 0.4) is 0 Å². The highest BCUT2D eigenvalue weighted by molar-refractivity contribution is 7.87. The van der Waals surface area contributed by atoms with E-state index in [4.69, 9.17) is 18.8 Å². The van der Waals surface area contributed by atoms with Crippen molar-refractivity contribution >= 4 is 28.0 Å². The van der Waals surface area contributed by atoms with Crippen molar-refractivity contribution < 1.29 is 65.3 Å². The van der Waals surface area contributed by atoms with Gasteiger partial charge in [0.05, 0.1) is 16.8 Å². The zero-order valence-corrected chi connectivity index (χ0v) is 24.0. The summed E-state index contributed by atoms with van der Waals surface area (Å²) in [6.07, 6.45) is 5.20. The number of hydrogen-bond acceptors (Lipinski definition) is 11. The molecule has 2 unspecified atom stereocenters. The van der Waals surface area contributed by atoms with Gasteiger partial charge in [0.15, 0.2) is 6.61 Å². The number of ether oxygens (including phenoxy) is 4. The Bertz CT molecular complexity index is 1250. The van der Waals surface area contributed by atoms with Crippen molar-refractivity contribution in [1.82, 2.24) is 0 Å². The highest BCUT2D eigenvalue weighted by Crippen LogP contribution is 2.63. The van der Waals surface area contributed by atoms with Crippen LogP contribution in [-0.4, -0.2) is 87.6 Å². The molecule has 0 heterocycles. The second-order valence-corrected chi connectivity index (χ2v) is 15.6. The van der Waals surface area contributed by atoms with Gasteiger partial charge < -0.3 is 29.2 Å². The summed E-state index contributed by atoms with van der Waals surface area (Å²) in [5.74, 6) is -2.60. The van der Waals surface area contributed by atoms with Gasteiger partial charge in [0.2, 0.25) is 0 Å². The topological polar surface area (TPSA) is 183 Å². The van der Waals surface area contributed by atoms with Crippen LogP contribution >= 0.6 is 0 Å². The predicted molar refractivity (Wildman–Crippen MR) is 134 cm³/mol. The summed E-state index contributed by atoms with van der Waals surface area (Å²) in [4.78, 5) is 37.1. The quantitative estimate of drug-likeness (QED) is 0.192. The van der Waals surface area contributed by atoms with Crippen LogP contribution in [0.2, 0.25) is 0 Å². The molecule has 2 atom stereocenters. The minimum Gasteiger partial charge on any atom is -0.457 e. The van der Waals surface area contributed by atoms with Crippen LogP contribution in [0.15, 0.2) is 0 Å². The maximum atomic E-state index is 13.5. The molecule has 12 nitrogen and oxygen atoms in total. The van der Waals surface area contributed by atoms with Crippen LogP contribution in [-0.2, 0) is 43.4 Å². The molecule has 8 saturated carbocycles. The van der Waals surface area contributed by atoms with Gasteiger partial charge in [0, 0.05) is 38.5 Å². The Labute approximate surface area is 241 Å². The van der Waals surface area contributed by atoms with Crippen LogP contribution < -0.4 is 0 Å². The molecule has 0 aliphatic heterocycles. The van der Waals surface area contributed by atoms with E-state index in [9.17, 15) is 41.8 Å². The lowest BCUT2D eigenvalue weighted by Gasteiger charge is -2.66. The molecule has 0 amide bonds. The number of alkyl halides is 2.